The Morgan fingerprint density at radius 3 is 2.56 bits per heavy atom. The molecule has 0 saturated carbocycles. The van der Waals surface area contributed by atoms with E-state index in [0.717, 1.165) is 17.9 Å². The molecule has 0 fully saturated rings. The van der Waals surface area contributed by atoms with Crippen LogP contribution in [0.3, 0.4) is 0 Å². The van der Waals surface area contributed by atoms with Gasteiger partial charge in [-0.1, -0.05) is 6.92 Å². The number of fused-ring (bicyclic) bond motifs is 1. The van der Waals surface area contributed by atoms with Crippen LogP contribution in [0.1, 0.15) is 23.1 Å². The van der Waals surface area contributed by atoms with Gasteiger partial charge >= 0.3 is 12.1 Å². The molecule has 178 valence electrons. The van der Waals surface area contributed by atoms with Crippen molar-refractivity contribution in [2.45, 2.75) is 18.0 Å². The van der Waals surface area contributed by atoms with E-state index >= 15 is 0 Å². The van der Waals surface area contributed by atoms with Crippen LogP contribution < -0.4 is 0 Å². The lowest BCUT2D eigenvalue weighted by molar-refractivity contribution is -0.137. The number of carbonyl (C=O) groups excluding carboxylic acids is 1. The van der Waals surface area contributed by atoms with E-state index in [1.165, 1.54) is 37.0 Å². The number of alkyl halides is 3. The number of aryl methyl sites for hydroxylation is 1. The molecular formula is C19H16F3N7O4S. The van der Waals surface area contributed by atoms with Crippen LogP contribution in [0.15, 0.2) is 35.6 Å². The zero-order valence-corrected chi connectivity index (χ0v) is 18.7. The molecule has 15 heteroatoms. The summed E-state index contributed by atoms with van der Waals surface area (Å²) in [6, 6.07) is 3.46. The summed E-state index contributed by atoms with van der Waals surface area (Å²) in [7, 11) is -1.17. The van der Waals surface area contributed by atoms with Crippen LogP contribution in [-0.2, 0) is 27.8 Å². The van der Waals surface area contributed by atoms with Crippen LogP contribution in [-0.4, -0.2) is 61.5 Å². The molecule has 0 N–H and O–H groups in total. The van der Waals surface area contributed by atoms with Crippen molar-refractivity contribution in [1.82, 2.24) is 34.3 Å². The number of hydrogen-bond acceptors (Lipinski definition) is 9. The van der Waals surface area contributed by atoms with E-state index in [2.05, 4.69) is 29.8 Å². The van der Waals surface area contributed by atoms with Crippen LogP contribution in [0.2, 0.25) is 0 Å². The minimum Gasteiger partial charge on any atom is -0.463 e. The zero-order valence-electron chi connectivity index (χ0n) is 17.9. The minimum atomic E-state index is -4.63. The molecule has 0 radical (unpaired) electrons. The fourth-order valence-corrected chi connectivity index (χ4v) is 4.15. The number of carbonyl (C=O) groups is 1. The zero-order chi connectivity index (χ0) is 24.8. The maximum absolute atomic E-state index is 13.1. The summed E-state index contributed by atoms with van der Waals surface area (Å²) in [5.41, 5.74) is -1.11. The molecule has 0 saturated heterocycles. The Hall–Kier alpha value is -3.88. The number of halogens is 3. The highest BCUT2D eigenvalue weighted by Crippen LogP contribution is 2.33. The van der Waals surface area contributed by atoms with Crippen LogP contribution in [0.4, 0.5) is 13.2 Å². The molecule has 34 heavy (non-hydrogen) atoms. The van der Waals surface area contributed by atoms with Crippen LogP contribution in [0.5, 0.6) is 0 Å². The van der Waals surface area contributed by atoms with E-state index in [9.17, 15) is 26.4 Å². The molecule has 0 aliphatic heterocycles. The second-order valence-electron chi connectivity index (χ2n) is 6.98. The molecular weight excluding hydrogens is 479 g/mol. The monoisotopic (exact) mass is 495 g/mol. The van der Waals surface area contributed by atoms with Gasteiger partial charge in [-0.05, 0) is 18.2 Å². The number of methoxy groups -OCH3 is 1. The van der Waals surface area contributed by atoms with E-state index in [1.54, 1.807) is 0 Å². The van der Waals surface area contributed by atoms with Gasteiger partial charge in [0.15, 0.2) is 27.1 Å². The number of aromatic nitrogens is 7. The van der Waals surface area contributed by atoms with Crippen molar-refractivity contribution in [3.63, 3.8) is 0 Å². The first-order valence-electron chi connectivity index (χ1n) is 9.60. The van der Waals surface area contributed by atoms with Gasteiger partial charge in [0.2, 0.25) is 0 Å². The number of pyridine rings is 2. The molecule has 4 rings (SSSR count). The Kier molecular flexibility index (Phi) is 5.59. The fourth-order valence-electron chi connectivity index (χ4n) is 3.13. The quantitative estimate of drug-likeness (QED) is 0.382. The van der Waals surface area contributed by atoms with E-state index in [0.29, 0.717) is 6.20 Å². The molecule has 4 heterocycles. The van der Waals surface area contributed by atoms with E-state index in [4.69, 9.17) is 0 Å². The van der Waals surface area contributed by atoms with Crippen molar-refractivity contribution < 1.29 is 31.1 Å². The number of hydrogen-bond donors (Lipinski definition) is 0. The summed E-state index contributed by atoms with van der Waals surface area (Å²) in [6.45, 7) is 1.44. The summed E-state index contributed by atoms with van der Waals surface area (Å²) in [5.74, 6) is -1.22. The van der Waals surface area contributed by atoms with Crippen molar-refractivity contribution in [3.8, 4) is 17.3 Å². The predicted octanol–water partition coefficient (Wildman–Crippen LogP) is 2.21. The molecule has 0 bridgehead atoms. The number of ether oxygens (including phenoxy) is 1. The minimum absolute atomic E-state index is 0.0241. The maximum atomic E-state index is 13.1. The number of esters is 1. The maximum Gasteiger partial charge on any atom is 0.417 e. The van der Waals surface area contributed by atoms with Gasteiger partial charge in [0.25, 0.3) is 5.82 Å². The number of rotatable bonds is 5. The highest BCUT2D eigenvalue weighted by molar-refractivity contribution is 7.91. The standard InChI is InChI=1S/C19H16F3N7O4S/c1-4-34(31,32)12-5-6-13(29-9-24-15(27-29)18(30)33-3)26-14(12)17-25-11-7-10(19(20,21)22)8-23-16(11)28(17)2/h5-9H,4H2,1-3H3. The Morgan fingerprint density at radius 2 is 1.91 bits per heavy atom. The van der Waals surface area contributed by atoms with Crippen molar-refractivity contribution in [2.75, 3.05) is 12.9 Å². The van der Waals surface area contributed by atoms with Crippen LogP contribution in [0, 0.1) is 0 Å². The second kappa shape index (κ2) is 8.16. The Bertz CT molecular complexity index is 1530. The van der Waals surface area contributed by atoms with Crippen molar-refractivity contribution in [3.05, 3.63) is 42.1 Å². The van der Waals surface area contributed by atoms with Gasteiger partial charge < -0.3 is 9.30 Å². The van der Waals surface area contributed by atoms with Gasteiger partial charge in [-0.2, -0.15) is 13.2 Å². The lowest BCUT2D eigenvalue weighted by Crippen LogP contribution is -2.11. The third-order valence-corrected chi connectivity index (χ3v) is 6.66. The molecule has 0 aliphatic rings. The number of nitrogens with zero attached hydrogens (tertiary/aromatic N) is 7. The summed E-state index contributed by atoms with van der Waals surface area (Å²) < 4.78 is 71.9. The van der Waals surface area contributed by atoms with Crippen molar-refractivity contribution >= 4 is 27.0 Å². The largest absolute Gasteiger partial charge is 0.463 e. The number of imidazole rings is 1. The lowest BCUT2D eigenvalue weighted by Gasteiger charge is -2.10. The molecule has 0 amide bonds. The van der Waals surface area contributed by atoms with E-state index < -0.39 is 27.5 Å². The summed E-state index contributed by atoms with van der Waals surface area (Å²) in [4.78, 5) is 27.7. The first kappa shape index (κ1) is 23.3. The van der Waals surface area contributed by atoms with Gasteiger partial charge in [-0.3, -0.25) is 0 Å². The van der Waals surface area contributed by atoms with Gasteiger partial charge in [0.1, 0.15) is 17.5 Å². The molecule has 4 aromatic heterocycles. The molecule has 0 aromatic carbocycles. The smallest absolute Gasteiger partial charge is 0.417 e. The summed E-state index contributed by atoms with van der Waals surface area (Å²) in [5, 5.41) is 3.96. The lowest BCUT2D eigenvalue weighted by atomic mass is 10.2. The van der Waals surface area contributed by atoms with Gasteiger partial charge in [-0.15, -0.1) is 5.10 Å². The number of sulfone groups is 1. The summed E-state index contributed by atoms with van der Waals surface area (Å²) in [6.07, 6.45) is -2.78. The Labute approximate surface area is 190 Å². The van der Waals surface area contributed by atoms with E-state index in [-0.39, 0.29) is 45.0 Å². The highest BCUT2D eigenvalue weighted by atomic mass is 32.2. The van der Waals surface area contributed by atoms with E-state index in [1.807, 2.05) is 0 Å². The first-order chi connectivity index (χ1) is 16.0. The molecule has 11 nitrogen and oxygen atoms in total. The van der Waals surface area contributed by atoms with Gasteiger partial charge in [-0.25, -0.2) is 37.8 Å². The fraction of sp³-hybridized carbons (Fsp3) is 0.263. The third kappa shape index (κ3) is 3.98. The molecule has 0 spiro atoms. The highest BCUT2D eigenvalue weighted by Gasteiger charge is 2.32. The molecule has 0 unspecified atom stereocenters. The van der Waals surface area contributed by atoms with Gasteiger partial charge in [0.05, 0.1) is 23.3 Å². The average molecular weight is 495 g/mol. The van der Waals surface area contributed by atoms with Crippen molar-refractivity contribution in [2.24, 2.45) is 7.05 Å². The predicted molar refractivity (Wildman–Crippen MR) is 111 cm³/mol. The molecule has 4 aromatic rings. The third-order valence-electron chi connectivity index (χ3n) is 4.90. The van der Waals surface area contributed by atoms with Crippen LogP contribution in [0.25, 0.3) is 28.5 Å². The van der Waals surface area contributed by atoms with Crippen molar-refractivity contribution in [1.29, 1.82) is 0 Å². The first-order valence-corrected chi connectivity index (χ1v) is 11.3. The topological polar surface area (TPSA) is 135 Å². The Balaban J connectivity index is 1.94. The van der Waals surface area contributed by atoms with Gasteiger partial charge in [0, 0.05) is 13.2 Å². The average Bonchev–Trinajstić information content (AvgIpc) is 3.42. The molecule has 0 aliphatic carbocycles. The second-order valence-corrected chi connectivity index (χ2v) is 9.23. The summed E-state index contributed by atoms with van der Waals surface area (Å²) >= 11 is 0. The SMILES string of the molecule is CCS(=O)(=O)c1ccc(-n2cnc(C(=O)OC)n2)nc1-c1nc2cc(C(F)(F)F)cnc2n1C. The van der Waals surface area contributed by atoms with Crippen LogP contribution >= 0.6 is 0 Å². The molecule has 0 atom stereocenters. The normalized spacial score (nSPS) is 12.3. The Morgan fingerprint density at radius 1 is 1.18 bits per heavy atom.